The van der Waals surface area contributed by atoms with E-state index in [1.165, 1.54) is 0 Å². The van der Waals surface area contributed by atoms with Gasteiger partial charge in [-0.2, -0.15) is 0 Å². The molecule has 0 aliphatic carbocycles. The second-order valence-electron chi connectivity index (χ2n) is 1.55. The third kappa shape index (κ3) is 2.12. The highest BCUT2D eigenvalue weighted by atomic mass is 79.9. The fraction of sp³-hybridized carbons (Fsp3) is 0.400. The molecule has 46 valence electrons. The van der Waals surface area contributed by atoms with Gasteiger partial charge in [-0.15, -0.1) is 0 Å². The van der Waals surface area contributed by atoms with Crippen molar-refractivity contribution in [2.75, 3.05) is 0 Å². The lowest BCUT2D eigenvalue weighted by Crippen LogP contribution is -2.12. The molecule has 0 rings (SSSR count). The molecule has 0 spiro atoms. The second-order valence-corrected chi connectivity index (χ2v) is 2.46. The fourth-order valence-electron chi connectivity index (χ4n) is 0.211. The van der Waals surface area contributed by atoms with Crippen molar-refractivity contribution in [3.63, 3.8) is 0 Å². The van der Waals surface area contributed by atoms with Crippen molar-refractivity contribution in [3.8, 4) is 0 Å². The van der Waals surface area contributed by atoms with E-state index in [0.29, 0.717) is 5.57 Å². The number of alkyl halides is 1. The van der Waals surface area contributed by atoms with Crippen molar-refractivity contribution in [2.45, 2.75) is 11.8 Å². The van der Waals surface area contributed by atoms with E-state index in [0.717, 1.165) is 0 Å². The first-order chi connectivity index (χ1) is 3.55. The largest absolute Gasteiger partial charge is 0.480 e. The number of aliphatic carboxylic acids is 1. The van der Waals surface area contributed by atoms with Gasteiger partial charge in [-0.25, -0.2) is 0 Å². The average molecular weight is 179 g/mol. The van der Waals surface area contributed by atoms with E-state index in [1.807, 2.05) is 0 Å². The maximum Gasteiger partial charge on any atom is 0.321 e. The molecule has 0 amide bonds. The van der Waals surface area contributed by atoms with E-state index in [9.17, 15) is 4.79 Å². The third-order valence-electron chi connectivity index (χ3n) is 0.649. The van der Waals surface area contributed by atoms with Gasteiger partial charge in [0, 0.05) is 0 Å². The molecule has 0 saturated carbocycles. The predicted octanol–water partition coefficient (Wildman–Crippen LogP) is 1.41. The van der Waals surface area contributed by atoms with Crippen LogP contribution < -0.4 is 0 Å². The van der Waals surface area contributed by atoms with Gasteiger partial charge in [-0.1, -0.05) is 28.1 Å². The zero-order valence-electron chi connectivity index (χ0n) is 4.52. The molecule has 0 saturated heterocycles. The summed E-state index contributed by atoms with van der Waals surface area (Å²) in [6.45, 7) is 5.11. The highest BCUT2D eigenvalue weighted by Gasteiger charge is 2.11. The first-order valence-electron chi connectivity index (χ1n) is 2.08. The van der Waals surface area contributed by atoms with E-state index in [4.69, 9.17) is 5.11 Å². The number of carboxylic acid groups (broad SMARTS) is 1. The van der Waals surface area contributed by atoms with Crippen LogP contribution in [-0.2, 0) is 4.79 Å². The summed E-state index contributed by atoms with van der Waals surface area (Å²) in [5.41, 5.74) is 0.609. The standard InChI is InChI=1S/C5H7BrO2/c1-3(2)4(6)5(7)8/h4H,1H2,2H3,(H,7,8). The highest BCUT2D eigenvalue weighted by Crippen LogP contribution is 2.08. The molecule has 1 N–H and O–H groups in total. The first kappa shape index (κ1) is 7.69. The van der Waals surface area contributed by atoms with Gasteiger partial charge in [0.1, 0.15) is 4.83 Å². The Hall–Kier alpha value is -0.310. The van der Waals surface area contributed by atoms with Crippen LogP contribution >= 0.6 is 15.9 Å². The minimum atomic E-state index is -0.891. The molecule has 0 aromatic heterocycles. The van der Waals surface area contributed by atoms with Gasteiger partial charge in [-0.05, 0) is 6.92 Å². The van der Waals surface area contributed by atoms with Crippen LogP contribution in [0.25, 0.3) is 0 Å². The van der Waals surface area contributed by atoms with Crippen LogP contribution in [-0.4, -0.2) is 15.9 Å². The van der Waals surface area contributed by atoms with Crippen LogP contribution in [0.3, 0.4) is 0 Å². The average Bonchev–Trinajstić information content (AvgIpc) is 1.64. The Kier molecular flexibility index (Phi) is 2.76. The predicted molar refractivity (Wildman–Crippen MR) is 35.2 cm³/mol. The lowest BCUT2D eigenvalue weighted by Gasteiger charge is -1.99. The number of carboxylic acids is 1. The van der Waals surface area contributed by atoms with Crippen LogP contribution in [0.4, 0.5) is 0 Å². The normalized spacial score (nSPS) is 12.8. The summed E-state index contributed by atoms with van der Waals surface area (Å²) in [5, 5.41) is 8.24. The molecular weight excluding hydrogens is 172 g/mol. The maximum atomic E-state index is 10.0. The fourth-order valence-corrected chi connectivity index (χ4v) is 0.211. The molecule has 0 aliphatic heterocycles. The van der Waals surface area contributed by atoms with Crippen molar-refractivity contribution >= 4 is 21.9 Å². The quantitative estimate of drug-likeness (QED) is 0.513. The van der Waals surface area contributed by atoms with E-state index >= 15 is 0 Å². The van der Waals surface area contributed by atoms with Crippen molar-refractivity contribution in [1.29, 1.82) is 0 Å². The molecule has 1 unspecified atom stereocenters. The summed E-state index contributed by atoms with van der Waals surface area (Å²) in [4.78, 5) is 9.44. The lowest BCUT2D eigenvalue weighted by atomic mass is 10.2. The van der Waals surface area contributed by atoms with E-state index < -0.39 is 10.8 Å². The Bertz CT molecular complexity index is 106. The molecule has 8 heavy (non-hydrogen) atoms. The van der Waals surface area contributed by atoms with Gasteiger partial charge in [-0.3, -0.25) is 4.79 Å². The Morgan fingerprint density at radius 2 is 2.25 bits per heavy atom. The molecule has 3 heteroatoms. The van der Waals surface area contributed by atoms with Crippen LogP contribution in [0.1, 0.15) is 6.92 Å². The minimum Gasteiger partial charge on any atom is -0.480 e. The van der Waals surface area contributed by atoms with Crippen LogP contribution in [0, 0.1) is 0 Å². The Labute approximate surface area is 56.3 Å². The van der Waals surface area contributed by atoms with Gasteiger partial charge in [0.05, 0.1) is 0 Å². The first-order valence-corrected chi connectivity index (χ1v) is 2.99. The van der Waals surface area contributed by atoms with E-state index in [-0.39, 0.29) is 0 Å². The SMILES string of the molecule is C=C(C)C(Br)C(=O)O. The lowest BCUT2D eigenvalue weighted by molar-refractivity contribution is -0.135. The summed E-state index contributed by atoms with van der Waals surface area (Å²) >= 11 is 2.91. The van der Waals surface area contributed by atoms with E-state index in [1.54, 1.807) is 6.92 Å². The summed E-state index contributed by atoms with van der Waals surface area (Å²) in [6.07, 6.45) is 0. The van der Waals surface area contributed by atoms with E-state index in [2.05, 4.69) is 22.5 Å². The topological polar surface area (TPSA) is 37.3 Å². The molecule has 0 aromatic carbocycles. The number of carbonyl (C=O) groups is 1. The summed E-state index contributed by atoms with van der Waals surface area (Å²) in [7, 11) is 0. The highest BCUT2D eigenvalue weighted by molar-refractivity contribution is 9.10. The van der Waals surface area contributed by atoms with Gasteiger partial charge in [0.2, 0.25) is 0 Å². The number of rotatable bonds is 2. The number of hydrogen-bond donors (Lipinski definition) is 1. The van der Waals surface area contributed by atoms with Crippen molar-refractivity contribution < 1.29 is 9.90 Å². The zero-order valence-corrected chi connectivity index (χ0v) is 6.10. The third-order valence-corrected chi connectivity index (χ3v) is 1.82. The molecule has 1 atom stereocenters. The summed E-state index contributed by atoms with van der Waals surface area (Å²) in [6, 6.07) is 0. The monoisotopic (exact) mass is 178 g/mol. The number of hydrogen-bond acceptors (Lipinski definition) is 1. The molecule has 0 aliphatic rings. The maximum absolute atomic E-state index is 10.0. The summed E-state index contributed by atoms with van der Waals surface area (Å²) in [5.74, 6) is -0.891. The van der Waals surface area contributed by atoms with Crippen molar-refractivity contribution in [2.24, 2.45) is 0 Å². The van der Waals surface area contributed by atoms with Gasteiger partial charge < -0.3 is 5.11 Å². The van der Waals surface area contributed by atoms with Crippen LogP contribution in [0.5, 0.6) is 0 Å². The summed E-state index contributed by atoms with van der Waals surface area (Å²) < 4.78 is 0. The molecule has 0 aromatic rings. The Morgan fingerprint density at radius 1 is 1.88 bits per heavy atom. The van der Waals surface area contributed by atoms with Gasteiger partial charge >= 0.3 is 5.97 Å². The molecule has 2 nitrogen and oxygen atoms in total. The minimum absolute atomic E-state index is 0.595. The van der Waals surface area contributed by atoms with Gasteiger partial charge in [0.15, 0.2) is 0 Å². The molecular formula is C5H7BrO2. The Morgan fingerprint density at radius 3 is 2.25 bits per heavy atom. The Balaban J connectivity index is 3.83. The molecule has 0 radical (unpaired) electrons. The zero-order chi connectivity index (χ0) is 6.73. The van der Waals surface area contributed by atoms with Crippen LogP contribution in [0.2, 0.25) is 0 Å². The smallest absolute Gasteiger partial charge is 0.321 e. The van der Waals surface area contributed by atoms with Gasteiger partial charge in [0.25, 0.3) is 0 Å². The molecule has 0 heterocycles. The van der Waals surface area contributed by atoms with Crippen molar-refractivity contribution in [1.82, 2.24) is 0 Å². The van der Waals surface area contributed by atoms with Crippen LogP contribution in [0.15, 0.2) is 12.2 Å². The van der Waals surface area contributed by atoms with Crippen molar-refractivity contribution in [3.05, 3.63) is 12.2 Å². The number of halogens is 1. The second kappa shape index (κ2) is 2.87. The molecule has 0 bridgehead atoms. The molecule has 0 fully saturated rings.